The summed E-state index contributed by atoms with van der Waals surface area (Å²) in [6.45, 7) is 4.18. The van der Waals surface area contributed by atoms with Gasteiger partial charge in [0, 0.05) is 10.9 Å². The second kappa shape index (κ2) is 5.01. The Morgan fingerprint density at radius 1 is 1.00 bits per heavy atom. The second-order valence-corrected chi connectivity index (χ2v) is 6.91. The highest BCUT2D eigenvalue weighted by Crippen LogP contribution is 2.37. The fourth-order valence-corrected chi connectivity index (χ4v) is 3.64. The van der Waals surface area contributed by atoms with Crippen LogP contribution in [0.1, 0.15) is 34.2 Å². The Morgan fingerprint density at radius 3 is 2.40 bits per heavy atom. The number of aryl methyl sites for hydroxylation is 3. The van der Waals surface area contributed by atoms with E-state index in [1.54, 1.807) is 0 Å². The van der Waals surface area contributed by atoms with Crippen LogP contribution in [0.5, 0.6) is 0 Å². The molecule has 3 rings (SSSR count). The molecule has 1 unspecified atom stereocenters. The largest absolute Gasteiger partial charge is 0.385 e. The van der Waals surface area contributed by atoms with Crippen LogP contribution in [0.3, 0.4) is 0 Å². The number of halogens is 1. The van der Waals surface area contributed by atoms with E-state index in [0.717, 1.165) is 22.9 Å². The molecule has 0 amide bonds. The van der Waals surface area contributed by atoms with E-state index in [4.69, 9.17) is 0 Å². The first-order valence-corrected chi connectivity index (χ1v) is 7.84. The van der Waals surface area contributed by atoms with Crippen LogP contribution in [-0.2, 0) is 18.4 Å². The molecule has 1 aliphatic carbocycles. The molecule has 1 nitrogen and oxygen atoms in total. The molecule has 2 aromatic rings. The molecule has 20 heavy (non-hydrogen) atoms. The van der Waals surface area contributed by atoms with Crippen molar-refractivity contribution in [2.75, 3.05) is 0 Å². The average Bonchev–Trinajstić information content (AvgIpc) is 2.38. The summed E-state index contributed by atoms with van der Waals surface area (Å²) in [5, 5.41) is 11.1. The van der Waals surface area contributed by atoms with Gasteiger partial charge in [-0.2, -0.15) is 0 Å². The quantitative estimate of drug-likeness (QED) is 0.819. The minimum atomic E-state index is -0.725. The molecule has 1 N–H and O–H groups in total. The van der Waals surface area contributed by atoms with Crippen molar-refractivity contribution in [3.63, 3.8) is 0 Å². The van der Waals surface area contributed by atoms with E-state index < -0.39 is 5.60 Å². The van der Waals surface area contributed by atoms with Gasteiger partial charge < -0.3 is 5.11 Å². The van der Waals surface area contributed by atoms with Crippen LogP contribution in [-0.4, -0.2) is 5.11 Å². The summed E-state index contributed by atoms with van der Waals surface area (Å²) < 4.78 is 1.12. The number of hydrogen-bond donors (Lipinski definition) is 1. The van der Waals surface area contributed by atoms with Gasteiger partial charge in [-0.1, -0.05) is 51.3 Å². The minimum absolute atomic E-state index is 0.707. The van der Waals surface area contributed by atoms with Gasteiger partial charge in [-0.15, -0.1) is 0 Å². The molecular formula is C18H19BrO. The van der Waals surface area contributed by atoms with E-state index in [2.05, 4.69) is 66.2 Å². The first-order valence-electron chi connectivity index (χ1n) is 7.05. The maximum atomic E-state index is 11.1. The maximum absolute atomic E-state index is 11.1. The van der Waals surface area contributed by atoms with E-state index in [1.807, 2.05) is 0 Å². The molecule has 0 aliphatic heterocycles. The van der Waals surface area contributed by atoms with Gasteiger partial charge in [0.25, 0.3) is 0 Å². The summed E-state index contributed by atoms with van der Waals surface area (Å²) in [6, 6.07) is 12.8. The highest BCUT2D eigenvalue weighted by molar-refractivity contribution is 9.10. The third-order valence-corrected chi connectivity index (χ3v) is 4.71. The lowest BCUT2D eigenvalue weighted by Crippen LogP contribution is -2.33. The lowest BCUT2D eigenvalue weighted by molar-refractivity contribution is 0.0221. The van der Waals surface area contributed by atoms with Crippen molar-refractivity contribution in [3.8, 4) is 0 Å². The Bertz CT molecular complexity index is 642. The van der Waals surface area contributed by atoms with Crippen LogP contribution in [0.2, 0.25) is 0 Å². The van der Waals surface area contributed by atoms with Gasteiger partial charge in [-0.25, -0.2) is 0 Å². The third-order valence-electron chi connectivity index (χ3n) is 4.22. The predicted molar refractivity (Wildman–Crippen MR) is 86.0 cm³/mol. The van der Waals surface area contributed by atoms with E-state index in [1.165, 1.54) is 22.3 Å². The topological polar surface area (TPSA) is 20.2 Å². The molecule has 0 heterocycles. The van der Waals surface area contributed by atoms with Crippen LogP contribution in [0.25, 0.3) is 0 Å². The van der Waals surface area contributed by atoms with Crippen LogP contribution in [0.15, 0.2) is 40.9 Å². The zero-order chi connectivity index (χ0) is 14.3. The third kappa shape index (κ3) is 2.55. The molecule has 0 bridgehead atoms. The molecule has 1 atom stereocenters. The number of benzene rings is 2. The van der Waals surface area contributed by atoms with Gasteiger partial charge in [0.05, 0.1) is 5.60 Å². The summed E-state index contributed by atoms with van der Waals surface area (Å²) >= 11 is 3.52. The Hall–Kier alpha value is -1.12. The minimum Gasteiger partial charge on any atom is -0.385 e. The highest BCUT2D eigenvalue weighted by atomic mass is 79.9. The first kappa shape index (κ1) is 13.8. The number of fused-ring (bicyclic) bond motifs is 1. The fourth-order valence-electron chi connectivity index (χ4n) is 3.23. The molecule has 0 aromatic heterocycles. The lowest BCUT2D eigenvalue weighted by atomic mass is 9.76. The van der Waals surface area contributed by atoms with Gasteiger partial charge in [0.1, 0.15) is 0 Å². The summed E-state index contributed by atoms with van der Waals surface area (Å²) in [5.41, 5.74) is 5.39. The Morgan fingerprint density at radius 2 is 1.70 bits per heavy atom. The van der Waals surface area contributed by atoms with Crippen molar-refractivity contribution in [2.45, 2.75) is 38.7 Å². The van der Waals surface area contributed by atoms with E-state index in [0.29, 0.717) is 6.42 Å². The first-order chi connectivity index (χ1) is 9.46. The van der Waals surface area contributed by atoms with Crippen molar-refractivity contribution in [3.05, 3.63) is 68.7 Å². The van der Waals surface area contributed by atoms with Crippen LogP contribution in [0, 0.1) is 13.8 Å². The maximum Gasteiger partial charge on any atom is 0.0940 e. The molecule has 0 radical (unpaired) electrons. The van der Waals surface area contributed by atoms with Gasteiger partial charge in [-0.05, 0) is 55.5 Å². The molecular weight excluding hydrogens is 312 g/mol. The van der Waals surface area contributed by atoms with Crippen molar-refractivity contribution in [1.29, 1.82) is 0 Å². The van der Waals surface area contributed by atoms with Crippen LogP contribution >= 0.6 is 15.9 Å². The fraction of sp³-hybridized carbons (Fsp3) is 0.333. The molecule has 0 saturated carbocycles. The van der Waals surface area contributed by atoms with Crippen molar-refractivity contribution < 1.29 is 5.11 Å². The Kier molecular flexibility index (Phi) is 3.47. The van der Waals surface area contributed by atoms with E-state index in [9.17, 15) is 5.11 Å². The second-order valence-electron chi connectivity index (χ2n) is 6.00. The number of rotatable bonds is 1. The van der Waals surface area contributed by atoms with Crippen molar-refractivity contribution in [2.24, 2.45) is 0 Å². The van der Waals surface area contributed by atoms with Crippen LogP contribution in [0.4, 0.5) is 0 Å². The van der Waals surface area contributed by atoms with E-state index >= 15 is 0 Å². The Labute approximate surface area is 128 Å². The van der Waals surface area contributed by atoms with Crippen LogP contribution < -0.4 is 0 Å². The van der Waals surface area contributed by atoms with Gasteiger partial charge in [0.15, 0.2) is 0 Å². The molecule has 2 heteroatoms. The van der Waals surface area contributed by atoms with E-state index in [-0.39, 0.29) is 0 Å². The van der Waals surface area contributed by atoms with Crippen molar-refractivity contribution in [1.82, 2.24) is 0 Å². The zero-order valence-electron chi connectivity index (χ0n) is 11.9. The molecule has 0 spiro atoms. The zero-order valence-corrected chi connectivity index (χ0v) is 13.5. The van der Waals surface area contributed by atoms with Gasteiger partial charge >= 0.3 is 0 Å². The molecule has 0 saturated heterocycles. The predicted octanol–water partition coefficient (Wildman–Crippen LogP) is 4.44. The summed E-state index contributed by atoms with van der Waals surface area (Å²) in [4.78, 5) is 0. The average molecular weight is 331 g/mol. The van der Waals surface area contributed by atoms with Gasteiger partial charge in [-0.3, -0.25) is 0 Å². The SMILES string of the molecule is Cc1cc(C)cc(C2(O)CCc3cc(Br)ccc3C2)c1. The highest BCUT2D eigenvalue weighted by Gasteiger charge is 2.34. The van der Waals surface area contributed by atoms with Crippen molar-refractivity contribution >= 4 is 15.9 Å². The molecule has 1 aliphatic rings. The monoisotopic (exact) mass is 330 g/mol. The molecule has 0 fully saturated rings. The smallest absolute Gasteiger partial charge is 0.0940 e. The number of aliphatic hydroxyl groups is 1. The summed E-state index contributed by atoms with van der Waals surface area (Å²) in [7, 11) is 0. The molecule has 104 valence electrons. The van der Waals surface area contributed by atoms with Gasteiger partial charge in [0.2, 0.25) is 0 Å². The normalized spacial score (nSPS) is 21.6. The summed E-state index contributed by atoms with van der Waals surface area (Å²) in [5.74, 6) is 0. The standard InChI is InChI=1S/C18H19BrO/c1-12-7-13(2)9-16(8-12)18(20)6-5-14-10-17(19)4-3-15(14)11-18/h3-4,7-10,20H,5-6,11H2,1-2H3. The number of hydrogen-bond acceptors (Lipinski definition) is 1. The summed E-state index contributed by atoms with van der Waals surface area (Å²) in [6.07, 6.45) is 2.43. The molecule has 2 aromatic carbocycles. The Balaban J connectivity index is 2.00. The lowest BCUT2D eigenvalue weighted by Gasteiger charge is -2.34.